The fourth-order valence-corrected chi connectivity index (χ4v) is 1.90. The van der Waals surface area contributed by atoms with Crippen molar-refractivity contribution in [2.45, 2.75) is 11.1 Å². The smallest absolute Gasteiger partial charge is 0.166 e. The van der Waals surface area contributed by atoms with Crippen LogP contribution < -0.4 is 0 Å². The molecule has 5 heteroatoms. The Morgan fingerprint density at radius 1 is 1.07 bits per heavy atom. The van der Waals surface area contributed by atoms with Gasteiger partial charge in [0.05, 0.1) is 10.1 Å². The van der Waals surface area contributed by atoms with Crippen molar-refractivity contribution in [2.24, 2.45) is 0 Å². The van der Waals surface area contributed by atoms with E-state index in [1.165, 1.54) is 12.1 Å². The van der Waals surface area contributed by atoms with E-state index in [0.29, 0.717) is 15.0 Å². The van der Waals surface area contributed by atoms with E-state index < -0.39 is 11.7 Å². The summed E-state index contributed by atoms with van der Waals surface area (Å²) in [6, 6.07) is 4.91. The fourth-order valence-electron chi connectivity index (χ4n) is 1.25. The molecule has 0 radical (unpaired) electrons. The van der Waals surface area contributed by atoms with Crippen LogP contribution in [0.15, 0.2) is 29.2 Å². The summed E-state index contributed by atoms with van der Waals surface area (Å²) in [6.45, 7) is 0. The lowest BCUT2D eigenvalue weighted by atomic mass is 10.1. The second-order valence-corrected chi connectivity index (χ2v) is 3.98. The first-order valence-electron chi connectivity index (χ1n) is 4.07. The summed E-state index contributed by atoms with van der Waals surface area (Å²) in [4.78, 5) is 0.699. The second-order valence-electron chi connectivity index (χ2n) is 3.13. The van der Waals surface area contributed by atoms with Crippen LogP contribution in [0.4, 0.5) is 13.2 Å². The minimum atomic E-state index is -4.29. The van der Waals surface area contributed by atoms with Crippen LogP contribution in [0.1, 0.15) is 5.56 Å². The van der Waals surface area contributed by atoms with Crippen LogP contribution in [0.3, 0.4) is 0 Å². The maximum Gasteiger partial charge on any atom is 0.416 e. The van der Waals surface area contributed by atoms with Gasteiger partial charge >= 0.3 is 6.18 Å². The van der Waals surface area contributed by atoms with E-state index in [-0.39, 0.29) is 0 Å². The van der Waals surface area contributed by atoms with Crippen molar-refractivity contribution in [3.63, 3.8) is 0 Å². The predicted octanol–water partition coefficient (Wildman–Crippen LogP) is 4.27. The zero-order valence-electron chi connectivity index (χ0n) is 7.30. The summed E-state index contributed by atoms with van der Waals surface area (Å²) in [7, 11) is 0. The first-order chi connectivity index (χ1) is 6.91. The zero-order chi connectivity index (χ0) is 11.2. The van der Waals surface area contributed by atoms with Crippen LogP contribution in [0, 0.1) is 4.51 Å². The SMILES string of the molecule is FC(F)(F)c1ccc(-c2c(S)c2=S)cc1. The topological polar surface area (TPSA) is 0 Å². The first-order valence-corrected chi connectivity index (χ1v) is 4.92. The number of thiol groups is 1. The lowest BCUT2D eigenvalue weighted by Crippen LogP contribution is -2.03. The Bertz CT molecular complexity index is 501. The van der Waals surface area contributed by atoms with Crippen molar-refractivity contribution < 1.29 is 13.2 Å². The molecule has 0 fully saturated rings. The summed E-state index contributed by atoms with van der Waals surface area (Å²) in [5.74, 6) is 0. The molecule has 0 nitrogen and oxygen atoms in total. The van der Waals surface area contributed by atoms with E-state index >= 15 is 0 Å². The quantitative estimate of drug-likeness (QED) is 0.579. The molecule has 2 aromatic carbocycles. The van der Waals surface area contributed by atoms with Gasteiger partial charge in [-0.2, -0.15) is 13.2 Å². The lowest BCUT2D eigenvalue weighted by molar-refractivity contribution is -0.137. The highest BCUT2D eigenvalue weighted by Gasteiger charge is 2.30. The van der Waals surface area contributed by atoms with E-state index in [0.717, 1.165) is 17.7 Å². The Hall–Kier alpha value is -0.810. The standard InChI is InChI=1S/C10H5F3S2/c11-10(12,13)6-3-1-5(2-4-6)7-8(14)9(7)15/h1-4,14H. The highest BCUT2D eigenvalue weighted by atomic mass is 32.1. The Balaban J connectivity index is 2.34. The summed E-state index contributed by atoms with van der Waals surface area (Å²) in [5.41, 5.74) is 0.819. The van der Waals surface area contributed by atoms with Crippen molar-refractivity contribution in [1.29, 1.82) is 0 Å². The molecule has 2 aromatic rings. The van der Waals surface area contributed by atoms with E-state index in [1.807, 2.05) is 0 Å². The van der Waals surface area contributed by atoms with Gasteiger partial charge in [-0.25, -0.2) is 0 Å². The van der Waals surface area contributed by atoms with Gasteiger partial charge < -0.3 is 0 Å². The van der Waals surface area contributed by atoms with Crippen molar-refractivity contribution in [2.75, 3.05) is 0 Å². The van der Waals surface area contributed by atoms with Gasteiger partial charge in [0.1, 0.15) is 0 Å². The maximum atomic E-state index is 12.2. The van der Waals surface area contributed by atoms with Gasteiger partial charge in [0, 0.05) is 10.5 Å². The minimum Gasteiger partial charge on any atom is -0.166 e. The number of hydrogen-bond donors (Lipinski definition) is 1. The van der Waals surface area contributed by atoms with Crippen LogP contribution in [0.5, 0.6) is 0 Å². The van der Waals surface area contributed by atoms with Crippen LogP contribution in [0.2, 0.25) is 0 Å². The summed E-state index contributed by atoms with van der Waals surface area (Å²) in [5, 5.41) is 0. The Morgan fingerprint density at radius 3 is 1.87 bits per heavy atom. The average molecular weight is 246 g/mol. The molecule has 0 aliphatic carbocycles. The molecule has 0 spiro atoms. The Labute approximate surface area is 94.8 Å². The van der Waals surface area contributed by atoms with Crippen LogP contribution >= 0.6 is 24.8 Å². The molecular weight excluding hydrogens is 241 g/mol. The number of alkyl halides is 3. The zero-order valence-corrected chi connectivity index (χ0v) is 9.01. The minimum absolute atomic E-state index is 0.637. The van der Waals surface area contributed by atoms with Gasteiger partial charge in [-0.1, -0.05) is 24.4 Å². The van der Waals surface area contributed by atoms with Crippen LogP contribution in [-0.4, -0.2) is 0 Å². The van der Waals surface area contributed by atoms with E-state index in [4.69, 9.17) is 12.2 Å². The number of benzene rings is 1. The molecule has 2 rings (SSSR count). The Kier molecular flexibility index (Phi) is 2.39. The van der Waals surface area contributed by atoms with Gasteiger partial charge in [-0.3, -0.25) is 0 Å². The molecule has 0 bridgehead atoms. The normalized spacial score (nSPS) is 12.3. The van der Waals surface area contributed by atoms with Gasteiger partial charge in [0.25, 0.3) is 0 Å². The molecule has 0 unspecified atom stereocenters. The number of rotatable bonds is 1. The monoisotopic (exact) mass is 246 g/mol. The van der Waals surface area contributed by atoms with Gasteiger partial charge in [-0.05, 0) is 17.7 Å². The second kappa shape index (κ2) is 3.35. The molecule has 0 N–H and O–H groups in total. The van der Waals surface area contributed by atoms with E-state index in [9.17, 15) is 13.2 Å². The van der Waals surface area contributed by atoms with Crippen LogP contribution in [-0.2, 0) is 6.18 Å². The first kappa shape index (κ1) is 10.7. The molecule has 0 aliphatic heterocycles. The lowest BCUT2D eigenvalue weighted by Gasteiger charge is -2.05. The Morgan fingerprint density at radius 2 is 1.53 bits per heavy atom. The van der Waals surface area contributed by atoms with Crippen molar-refractivity contribution in [1.82, 2.24) is 0 Å². The number of hydrogen-bond acceptors (Lipinski definition) is 2. The summed E-state index contributed by atoms with van der Waals surface area (Å²) < 4.78 is 37.3. The average Bonchev–Trinajstić information content (AvgIpc) is 2.74. The third-order valence-electron chi connectivity index (χ3n) is 2.12. The largest absolute Gasteiger partial charge is 0.416 e. The van der Waals surface area contributed by atoms with Gasteiger partial charge in [0.15, 0.2) is 0 Å². The molecule has 15 heavy (non-hydrogen) atoms. The highest BCUT2D eigenvalue weighted by Crippen LogP contribution is 2.40. The predicted molar refractivity (Wildman–Crippen MR) is 57.3 cm³/mol. The molecule has 0 atom stereocenters. The highest BCUT2D eigenvalue weighted by molar-refractivity contribution is 7.81. The summed E-state index contributed by atoms with van der Waals surface area (Å²) >= 11 is 8.99. The molecule has 0 aromatic heterocycles. The fraction of sp³-hybridized carbons (Fsp3) is 0.100. The molecule has 0 heterocycles. The van der Waals surface area contributed by atoms with Crippen molar-refractivity contribution >= 4 is 24.8 Å². The summed E-state index contributed by atoms with van der Waals surface area (Å²) in [6.07, 6.45) is -4.29. The number of halogens is 3. The van der Waals surface area contributed by atoms with E-state index in [1.54, 1.807) is 0 Å². The van der Waals surface area contributed by atoms with Crippen molar-refractivity contribution in [3.05, 3.63) is 34.3 Å². The third kappa shape index (κ3) is 1.94. The van der Waals surface area contributed by atoms with Crippen molar-refractivity contribution in [3.8, 4) is 11.1 Å². The van der Waals surface area contributed by atoms with Gasteiger partial charge in [0.2, 0.25) is 0 Å². The molecule has 0 aliphatic rings. The molecule has 0 saturated heterocycles. The van der Waals surface area contributed by atoms with Gasteiger partial charge in [-0.15, -0.1) is 12.6 Å². The van der Waals surface area contributed by atoms with Crippen LogP contribution in [0.25, 0.3) is 11.1 Å². The molecule has 78 valence electrons. The maximum absolute atomic E-state index is 12.2. The third-order valence-corrected chi connectivity index (χ3v) is 3.12. The molecular formula is C10H5F3S2. The van der Waals surface area contributed by atoms with E-state index in [2.05, 4.69) is 12.6 Å². The molecule has 0 amide bonds. The molecule has 0 saturated carbocycles.